The molecule has 1 aliphatic heterocycles. The van der Waals surface area contributed by atoms with Gasteiger partial charge in [-0.3, -0.25) is 9.59 Å². The van der Waals surface area contributed by atoms with Crippen molar-refractivity contribution >= 4 is 47.0 Å². The molecule has 1 aromatic heterocycles. The second-order valence-corrected chi connectivity index (χ2v) is 9.28. The van der Waals surface area contributed by atoms with E-state index < -0.39 is 35.5 Å². The molecular weight excluding hydrogens is 407 g/mol. The lowest BCUT2D eigenvalue weighted by Crippen LogP contribution is -2.41. The molecule has 1 N–H and O–H groups in total. The number of thioether (sulfide) groups is 1. The zero-order valence-electron chi connectivity index (χ0n) is 17.5. The average Bonchev–Trinajstić information content (AvgIpc) is 2.86. The van der Waals surface area contributed by atoms with Crippen LogP contribution in [0.2, 0.25) is 0 Å². The first kappa shape index (κ1) is 22.3. The summed E-state index contributed by atoms with van der Waals surface area (Å²) in [6, 6.07) is 5.84. The Labute approximate surface area is 178 Å². The second-order valence-electron chi connectivity index (χ2n) is 8.12. The molecule has 9 heteroatoms. The molecule has 0 saturated carbocycles. The third kappa shape index (κ3) is 4.53. The predicted molar refractivity (Wildman–Crippen MR) is 117 cm³/mol. The molecule has 1 saturated heterocycles. The van der Waals surface area contributed by atoms with Crippen molar-refractivity contribution in [2.24, 2.45) is 0 Å². The summed E-state index contributed by atoms with van der Waals surface area (Å²) in [6.45, 7) is 9.29. The Morgan fingerprint density at radius 1 is 1.13 bits per heavy atom. The normalized spacial score (nSPS) is 18.0. The molecule has 2 aromatic rings. The summed E-state index contributed by atoms with van der Waals surface area (Å²) >= 11 is 1.14. The van der Waals surface area contributed by atoms with Crippen LogP contribution in [-0.2, 0) is 14.1 Å². The largest absolute Gasteiger partial charge is 0.491 e. The van der Waals surface area contributed by atoms with Crippen LogP contribution in [0.5, 0.6) is 0 Å². The van der Waals surface area contributed by atoms with Gasteiger partial charge >= 0.3 is 13.1 Å². The maximum Gasteiger partial charge on any atom is 0.491 e. The van der Waals surface area contributed by atoms with Crippen LogP contribution in [0.25, 0.3) is 17.0 Å². The number of carbonyl (C=O) groups excluding carboxylic acids is 1. The average molecular weight is 430 g/mol. The summed E-state index contributed by atoms with van der Waals surface area (Å²) in [6.07, 6.45) is 1.82. The molecule has 1 aliphatic rings. The van der Waals surface area contributed by atoms with Crippen LogP contribution in [0.4, 0.5) is 0 Å². The molecule has 0 unspecified atom stereocenters. The first-order valence-corrected chi connectivity index (χ1v) is 10.4. The highest BCUT2D eigenvalue weighted by molar-refractivity contribution is 8.13. The van der Waals surface area contributed by atoms with E-state index in [1.54, 1.807) is 18.2 Å². The molecule has 1 aromatic carbocycles. The monoisotopic (exact) mass is 430 g/mol. The summed E-state index contributed by atoms with van der Waals surface area (Å²) in [5.74, 6) is -1.34. The van der Waals surface area contributed by atoms with E-state index in [-0.39, 0.29) is 16.1 Å². The quantitative estimate of drug-likeness (QED) is 0.715. The molecule has 0 radical (unpaired) electrons. The highest BCUT2D eigenvalue weighted by Crippen LogP contribution is 2.39. The minimum atomic E-state index is -1.30. The number of carboxylic acids is 1. The predicted octanol–water partition coefficient (Wildman–Crippen LogP) is 3.79. The van der Waals surface area contributed by atoms with Crippen LogP contribution in [0, 0.1) is 0 Å². The summed E-state index contributed by atoms with van der Waals surface area (Å²) < 4.78 is 17.5. The van der Waals surface area contributed by atoms with Gasteiger partial charge in [0, 0.05) is 18.7 Å². The Balaban J connectivity index is 2.02. The second kappa shape index (κ2) is 8.05. The Morgan fingerprint density at radius 2 is 1.77 bits per heavy atom. The fourth-order valence-electron chi connectivity index (χ4n) is 2.94. The van der Waals surface area contributed by atoms with Crippen molar-refractivity contribution in [3.8, 4) is 0 Å². The van der Waals surface area contributed by atoms with E-state index in [1.165, 1.54) is 6.92 Å². The lowest BCUT2D eigenvalue weighted by atomic mass is 9.78. The fourth-order valence-corrected chi connectivity index (χ4v) is 3.53. The van der Waals surface area contributed by atoms with E-state index in [0.717, 1.165) is 23.3 Å². The third-order valence-electron chi connectivity index (χ3n) is 5.31. The van der Waals surface area contributed by atoms with Crippen molar-refractivity contribution in [3.63, 3.8) is 0 Å². The molecule has 2 heterocycles. The first-order chi connectivity index (χ1) is 13.9. The van der Waals surface area contributed by atoms with Crippen molar-refractivity contribution < 1.29 is 28.4 Å². The van der Waals surface area contributed by atoms with Gasteiger partial charge in [0.25, 0.3) is 0 Å². The van der Waals surface area contributed by atoms with Gasteiger partial charge in [0.2, 0.25) is 5.76 Å². The minimum Gasteiger partial charge on any atom is -0.475 e. The van der Waals surface area contributed by atoms with Crippen molar-refractivity contribution in [1.29, 1.82) is 0 Å². The molecule has 0 spiro atoms. The van der Waals surface area contributed by atoms with Gasteiger partial charge in [-0.15, -0.1) is 0 Å². The Morgan fingerprint density at radius 3 is 2.33 bits per heavy atom. The van der Waals surface area contributed by atoms with E-state index >= 15 is 0 Å². The molecular formula is C21H23BO7S. The SMILES string of the molecule is CC(=O)SCC(=Cc1ccc2oc(C(=O)O)cc(=O)c2c1)B1OC(C)(C)C(C)(C)O1. The van der Waals surface area contributed by atoms with Crippen LogP contribution in [-0.4, -0.2) is 40.3 Å². The van der Waals surface area contributed by atoms with Crippen LogP contribution in [0.3, 0.4) is 0 Å². The number of fused-ring (bicyclic) bond motifs is 1. The van der Waals surface area contributed by atoms with E-state index in [2.05, 4.69) is 0 Å². The first-order valence-electron chi connectivity index (χ1n) is 9.40. The van der Waals surface area contributed by atoms with Crippen molar-refractivity contribution in [1.82, 2.24) is 0 Å². The van der Waals surface area contributed by atoms with Crippen molar-refractivity contribution in [2.75, 3.05) is 5.75 Å². The van der Waals surface area contributed by atoms with E-state index in [0.29, 0.717) is 11.3 Å². The van der Waals surface area contributed by atoms with Crippen LogP contribution < -0.4 is 5.43 Å². The number of hydrogen-bond donors (Lipinski definition) is 1. The molecule has 158 valence electrons. The van der Waals surface area contributed by atoms with Gasteiger partial charge in [0.1, 0.15) is 5.58 Å². The van der Waals surface area contributed by atoms with Gasteiger partial charge in [0.15, 0.2) is 10.5 Å². The standard InChI is InChI=1S/C21H23BO7S/c1-12(23)30-11-14(22-28-20(2,3)21(4,5)29-22)8-13-6-7-17-15(9-13)16(24)10-18(27-17)19(25)26/h6-10H,11H2,1-5H3,(H,25,26). The fraction of sp³-hybridized carbons (Fsp3) is 0.381. The van der Waals surface area contributed by atoms with Crippen molar-refractivity contribution in [2.45, 2.75) is 45.8 Å². The zero-order valence-corrected chi connectivity index (χ0v) is 18.3. The highest BCUT2D eigenvalue weighted by atomic mass is 32.2. The molecule has 0 atom stereocenters. The highest BCUT2D eigenvalue weighted by Gasteiger charge is 2.52. The van der Waals surface area contributed by atoms with E-state index in [9.17, 15) is 14.4 Å². The van der Waals surface area contributed by atoms with E-state index in [1.807, 2.05) is 33.8 Å². The number of aromatic carboxylic acids is 1. The maximum atomic E-state index is 12.3. The summed E-state index contributed by atoms with van der Waals surface area (Å²) in [7, 11) is -0.636. The molecule has 1 fully saturated rings. The summed E-state index contributed by atoms with van der Waals surface area (Å²) in [5.41, 5.74) is 0.114. The van der Waals surface area contributed by atoms with Gasteiger partial charge in [-0.05, 0) is 50.9 Å². The molecule has 0 bridgehead atoms. The summed E-state index contributed by atoms with van der Waals surface area (Å²) in [4.78, 5) is 35.0. The number of hydrogen-bond acceptors (Lipinski definition) is 7. The van der Waals surface area contributed by atoms with Crippen LogP contribution >= 0.6 is 11.8 Å². The van der Waals surface area contributed by atoms with Crippen LogP contribution in [0.1, 0.15) is 50.7 Å². The van der Waals surface area contributed by atoms with Gasteiger partial charge in [-0.1, -0.05) is 23.9 Å². The van der Waals surface area contributed by atoms with Gasteiger partial charge in [0.05, 0.1) is 16.6 Å². The van der Waals surface area contributed by atoms with Gasteiger partial charge < -0.3 is 18.8 Å². The van der Waals surface area contributed by atoms with Gasteiger partial charge in [-0.2, -0.15) is 0 Å². The molecule has 0 amide bonds. The van der Waals surface area contributed by atoms with Gasteiger partial charge in [-0.25, -0.2) is 4.79 Å². The Bertz CT molecular complexity index is 1080. The number of carboxylic acid groups (broad SMARTS) is 1. The third-order valence-corrected chi connectivity index (χ3v) is 6.20. The topological polar surface area (TPSA) is 103 Å². The molecule has 7 nitrogen and oxygen atoms in total. The lowest BCUT2D eigenvalue weighted by Gasteiger charge is -2.32. The lowest BCUT2D eigenvalue weighted by molar-refractivity contribution is -0.109. The van der Waals surface area contributed by atoms with E-state index in [4.69, 9.17) is 18.8 Å². The number of benzene rings is 1. The molecule has 0 aliphatic carbocycles. The Kier molecular flexibility index (Phi) is 6.00. The molecule has 3 rings (SSSR count). The van der Waals surface area contributed by atoms with Crippen LogP contribution in [0.15, 0.2) is 38.9 Å². The smallest absolute Gasteiger partial charge is 0.475 e. The summed E-state index contributed by atoms with van der Waals surface area (Å²) in [5, 5.41) is 9.29. The zero-order chi connectivity index (χ0) is 22.3. The molecule has 30 heavy (non-hydrogen) atoms. The number of rotatable bonds is 5. The number of carbonyl (C=O) groups is 2. The minimum absolute atomic E-state index is 0.0298. The maximum absolute atomic E-state index is 12.3. The van der Waals surface area contributed by atoms with Crippen molar-refractivity contribution in [3.05, 3.63) is 51.3 Å². The Hall–Kier alpha value is -2.36.